The minimum atomic E-state index is -0.371. The molecule has 13 heavy (non-hydrogen) atoms. The number of carbonyl (C=O) groups excluding carboxylic acids is 2. The van der Waals surface area contributed by atoms with Crippen LogP contribution >= 0.6 is 0 Å². The number of Topliss-reactive ketones (excluding diaryl/α,β-unsaturated/α-hetero) is 2. The van der Waals surface area contributed by atoms with Crippen LogP contribution in [0.15, 0.2) is 0 Å². The lowest BCUT2D eigenvalue weighted by Gasteiger charge is -2.37. The smallest absolute Gasteiger partial charge is 0.139 e. The fourth-order valence-corrected chi connectivity index (χ4v) is 2.24. The molecule has 2 nitrogen and oxygen atoms in total. The zero-order valence-electron chi connectivity index (χ0n) is 8.72. The molecule has 0 unspecified atom stereocenters. The summed E-state index contributed by atoms with van der Waals surface area (Å²) in [6.07, 6.45) is 3.16. The molecule has 0 amide bonds. The lowest BCUT2D eigenvalue weighted by Crippen LogP contribution is -2.39. The molecule has 0 aromatic heterocycles. The molecule has 1 rings (SSSR count). The lowest BCUT2D eigenvalue weighted by atomic mass is 9.65. The van der Waals surface area contributed by atoms with E-state index < -0.39 is 0 Å². The monoisotopic (exact) mass is 182 g/mol. The highest BCUT2D eigenvalue weighted by atomic mass is 16.1. The van der Waals surface area contributed by atoms with E-state index in [0.717, 1.165) is 12.8 Å². The third-order valence-electron chi connectivity index (χ3n) is 3.38. The van der Waals surface area contributed by atoms with Gasteiger partial charge in [0.25, 0.3) is 0 Å². The van der Waals surface area contributed by atoms with E-state index in [9.17, 15) is 9.59 Å². The van der Waals surface area contributed by atoms with Crippen LogP contribution in [0.25, 0.3) is 0 Å². The summed E-state index contributed by atoms with van der Waals surface area (Å²) in [5, 5.41) is 0. The Hall–Kier alpha value is -0.660. The highest BCUT2D eigenvalue weighted by Crippen LogP contribution is 2.40. The molecule has 1 aliphatic carbocycles. The highest BCUT2D eigenvalue weighted by Gasteiger charge is 2.41. The Balaban J connectivity index is 2.81. The van der Waals surface area contributed by atoms with E-state index in [1.54, 1.807) is 6.92 Å². The number of carbonyl (C=O) groups is 2. The van der Waals surface area contributed by atoms with Crippen molar-refractivity contribution in [1.29, 1.82) is 0 Å². The van der Waals surface area contributed by atoms with Crippen molar-refractivity contribution >= 4 is 11.6 Å². The van der Waals surface area contributed by atoms with Crippen LogP contribution in [0, 0.1) is 11.3 Å². The molecule has 0 aromatic carbocycles. The van der Waals surface area contributed by atoms with Crippen molar-refractivity contribution in [1.82, 2.24) is 0 Å². The highest BCUT2D eigenvalue weighted by molar-refractivity contribution is 5.90. The van der Waals surface area contributed by atoms with Gasteiger partial charge in [-0.1, -0.05) is 13.8 Å². The summed E-state index contributed by atoms with van der Waals surface area (Å²) in [7, 11) is 0. The molecule has 1 fully saturated rings. The second kappa shape index (κ2) is 3.60. The van der Waals surface area contributed by atoms with Gasteiger partial charge in [0, 0.05) is 18.3 Å². The van der Waals surface area contributed by atoms with Crippen molar-refractivity contribution in [2.75, 3.05) is 0 Å². The van der Waals surface area contributed by atoms with Gasteiger partial charge in [-0.25, -0.2) is 0 Å². The Bertz CT molecular complexity index is 232. The second-order valence-electron chi connectivity index (χ2n) is 4.51. The largest absolute Gasteiger partial charge is 0.300 e. The summed E-state index contributed by atoms with van der Waals surface area (Å²) in [5.74, 6) is 0.767. The van der Waals surface area contributed by atoms with Crippen LogP contribution in [0.4, 0.5) is 0 Å². The summed E-state index contributed by atoms with van der Waals surface area (Å²) in [6, 6.07) is 0. The molecule has 0 spiro atoms. The normalized spacial score (nSPS) is 34.7. The Kier molecular flexibility index (Phi) is 2.89. The molecule has 0 heterocycles. The third kappa shape index (κ3) is 1.98. The first kappa shape index (κ1) is 10.4. The van der Waals surface area contributed by atoms with Crippen LogP contribution in [0.1, 0.15) is 46.5 Å². The summed E-state index contributed by atoms with van der Waals surface area (Å²) >= 11 is 0. The van der Waals surface area contributed by atoms with Crippen molar-refractivity contribution in [2.45, 2.75) is 46.5 Å². The molecule has 0 N–H and O–H groups in total. The average molecular weight is 182 g/mol. The molecule has 0 aromatic rings. The van der Waals surface area contributed by atoms with E-state index in [-0.39, 0.29) is 17.0 Å². The second-order valence-corrected chi connectivity index (χ2v) is 4.51. The first-order valence-electron chi connectivity index (χ1n) is 4.99. The third-order valence-corrected chi connectivity index (χ3v) is 3.38. The molecule has 1 aliphatic rings. The van der Waals surface area contributed by atoms with Gasteiger partial charge in [-0.15, -0.1) is 0 Å². The maximum Gasteiger partial charge on any atom is 0.139 e. The Labute approximate surface area is 79.7 Å². The molecule has 74 valence electrons. The number of ketones is 2. The van der Waals surface area contributed by atoms with Crippen LogP contribution in [-0.4, -0.2) is 11.6 Å². The fraction of sp³-hybridized carbons (Fsp3) is 0.818. The molecule has 2 heteroatoms. The molecular formula is C11H18O2. The predicted octanol–water partition coefficient (Wildman–Crippen LogP) is 2.36. The van der Waals surface area contributed by atoms with Crippen molar-refractivity contribution in [3.63, 3.8) is 0 Å². The Morgan fingerprint density at radius 1 is 1.62 bits per heavy atom. The van der Waals surface area contributed by atoms with Crippen LogP contribution in [-0.2, 0) is 9.59 Å². The van der Waals surface area contributed by atoms with Gasteiger partial charge in [0.2, 0.25) is 0 Å². The summed E-state index contributed by atoms with van der Waals surface area (Å²) in [4.78, 5) is 22.8. The quantitative estimate of drug-likeness (QED) is 0.657. The summed E-state index contributed by atoms with van der Waals surface area (Å²) in [5.41, 5.74) is -0.371. The van der Waals surface area contributed by atoms with Crippen LogP contribution in [0.3, 0.4) is 0 Å². The van der Waals surface area contributed by atoms with Gasteiger partial charge >= 0.3 is 0 Å². The van der Waals surface area contributed by atoms with Crippen molar-refractivity contribution in [2.24, 2.45) is 11.3 Å². The van der Waals surface area contributed by atoms with Crippen molar-refractivity contribution in [3.05, 3.63) is 0 Å². The number of hydrogen-bond donors (Lipinski definition) is 0. The van der Waals surface area contributed by atoms with E-state index in [1.807, 2.05) is 6.92 Å². The zero-order valence-corrected chi connectivity index (χ0v) is 8.72. The molecule has 0 bridgehead atoms. The number of hydrogen-bond acceptors (Lipinski definition) is 2. The van der Waals surface area contributed by atoms with Gasteiger partial charge in [-0.2, -0.15) is 0 Å². The van der Waals surface area contributed by atoms with Crippen molar-refractivity contribution in [3.8, 4) is 0 Å². The van der Waals surface area contributed by atoms with Gasteiger partial charge in [0.1, 0.15) is 11.6 Å². The minimum Gasteiger partial charge on any atom is -0.300 e. The topological polar surface area (TPSA) is 34.1 Å². The van der Waals surface area contributed by atoms with Crippen LogP contribution < -0.4 is 0 Å². The standard InChI is InChI=1S/C11H18O2/c1-8-5-4-6-10(13)11(8,3)7-9(2)12/h8H,4-7H2,1-3H3/t8-,11-/m0/s1. The predicted molar refractivity (Wildman–Crippen MR) is 51.4 cm³/mol. The number of rotatable bonds is 2. The minimum absolute atomic E-state index is 0.129. The molecule has 2 atom stereocenters. The van der Waals surface area contributed by atoms with E-state index in [0.29, 0.717) is 18.8 Å². The summed E-state index contributed by atoms with van der Waals surface area (Å²) < 4.78 is 0. The molecule has 0 radical (unpaired) electrons. The van der Waals surface area contributed by atoms with Crippen LogP contribution in [0.2, 0.25) is 0 Å². The van der Waals surface area contributed by atoms with E-state index in [1.165, 1.54) is 0 Å². The molecular weight excluding hydrogens is 164 g/mol. The first-order chi connectivity index (χ1) is 5.97. The lowest BCUT2D eigenvalue weighted by molar-refractivity contribution is -0.138. The zero-order chi connectivity index (χ0) is 10.1. The van der Waals surface area contributed by atoms with Gasteiger partial charge in [-0.3, -0.25) is 9.59 Å². The van der Waals surface area contributed by atoms with Gasteiger partial charge in [0.05, 0.1) is 0 Å². The summed E-state index contributed by atoms with van der Waals surface area (Å²) in [6.45, 7) is 5.60. The van der Waals surface area contributed by atoms with Gasteiger partial charge < -0.3 is 0 Å². The average Bonchev–Trinajstić information content (AvgIpc) is 1.99. The molecule has 0 aliphatic heterocycles. The SMILES string of the molecule is CC(=O)C[C@]1(C)C(=O)CCC[C@@H]1C. The van der Waals surface area contributed by atoms with Crippen molar-refractivity contribution < 1.29 is 9.59 Å². The first-order valence-corrected chi connectivity index (χ1v) is 4.99. The van der Waals surface area contributed by atoms with Crippen LogP contribution in [0.5, 0.6) is 0 Å². The van der Waals surface area contributed by atoms with E-state index >= 15 is 0 Å². The maximum atomic E-state index is 11.7. The van der Waals surface area contributed by atoms with Gasteiger partial charge in [-0.05, 0) is 25.7 Å². The van der Waals surface area contributed by atoms with E-state index in [2.05, 4.69) is 6.92 Å². The Morgan fingerprint density at radius 3 is 2.69 bits per heavy atom. The Morgan fingerprint density at radius 2 is 2.23 bits per heavy atom. The fourth-order valence-electron chi connectivity index (χ4n) is 2.24. The molecule has 0 saturated heterocycles. The molecule has 1 saturated carbocycles. The van der Waals surface area contributed by atoms with E-state index in [4.69, 9.17) is 0 Å². The van der Waals surface area contributed by atoms with Gasteiger partial charge in [0.15, 0.2) is 0 Å². The maximum absolute atomic E-state index is 11.7.